The molecule has 5 rings (SSSR count). The number of rotatable bonds is 3. The summed E-state index contributed by atoms with van der Waals surface area (Å²) in [6.45, 7) is 0.222. The zero-order valence-corrected chi connectivity index (χ0v) is 17.0. The summed E-state index contributed by atoms with van der Waals surface area (Å²) in [7, 11) is 0. The van der Waals surface area contributed by atoms with Crippen LogP contribution in [-0.4, -0.2) is 58.5 Å². The molecule has 0 aromatic heterocycles. The van der Waals surface area contributed by atoms with Crippen molar-refractivity contribution in [2.75, 3.05) is 19.7 Å². The third-order valence-electron chi connectivity index (χ3n) is 6.42. The SMILES string of the molecule is O=C(c1ccc(F)cc1)N1CC(=O)N2[C@H](CO)[C@H](c3ccc(C#CC4CC4)cc3)[C@H]2C1. The number of nitrogens with zero attached hydrogens (tertiary/aromatic N) is 2. The molecule has 1 aliphatic carbocycles. The van der Waals surface area contributed by atoms with Crippen molar-refractivity contribution in [3.05, 3.63) is 71.0 Å². The standard InChI is InChI=1S/C25H23FN2O3/c26-20-11-9-19(10-12-20)25(31)27-13-21-24(22(15-29)28(21)23(30)14-27)18-7-5-17(6-8-18)4-3-16-1-2-16/h5-12,16,21-22,24,29H,1-2,13-15H2/t21-,22-,24-/m1/s1. The Balaban J connectivity index is 1.35. The highest BCUT2D eigenvalue weighted by atomic mass is 19.1. The summed E-state index contributed by atoms with van der Waals surface area (Å²) in [6, 6.07) is 12.9. The molecule has 2 heterocycles. The van der Waals surface area contributed by atoms with E-state index in [1.165, 1.54) is 42.0 Å². The summed E-state index contributed by atoms with van der Waals surface area (Å²) in [5.41, 5.74) is 2.34. The molecule has 0 spiro atoms. The first kappa shape index (κ1) is 19.8. The number of hydrogen-bond donors (Lipinski definition) is 1. The molecule has 0 unspecified atom stereocenters. The first-order valence-corrected chi connectivity index (χ1v) is 10.6. The third kappa shape index (κ3) is 3.70. The Morgan fingerprint density at radius 2 is 1.81 bits per heavy atom. The molecule has 1 N–H and O–H groups in total. The van der Waals surface area contributed by atoms with E-state index in [9.17, 15) is 19.1 Å². The lowest BCUT2D eigenvalue weighted by atomic mass is 9.73. The predicted octanol–water partition coefficient (Wildman–Crippen LogP) is 2.40. The quantitative estimate of drug-likeness (QED) is 0.779. The molecule has 2 aliphatic heterocycles. The molecule has 31 heavy (non-hydrogen) atoms. The molecule has 0 radical (unpaired) electrons. The van der Waals surface area contributed by atoms with Gasteiger partial charge >= 0.3 is 0 Å². The average molecular weight is 418 g/mol. The van der Waals surface area contributed by atoms with Crippen LogP contribution in [0.5, 0.6) is 0 Å². The first-order chi connectivity index (χ1) is 15.0. The number of benzene rings is 2. The van der Waals surface area contributed by atoms with Crippen molar-refractivity contribution >= 4 is 11.8 Å². The zero-order chi connectivity index (χ0) is 21.5. The van der Waals surface area contributed by atoms with E-state index < -0.39 is 5.82 Å². The average Bonchev–Trinajstić information content (AvgIpc) is 3.59. The second kappa shape index (κ2) is 7.82. The van der Waals surface area contributed by atoms with Gasteiger partial charge in [0.05, 0.1) is 18.7 Å². The minimum absolute atomic E-state index is 0.0361. The van der Waals surface area contributed by atoms with Crippen LogP contribution in [0.25, 0.3) is 0 Å². The number of fused-ring (bicyclic) bond motifs is 1. The van der Waals surface area contributed by atoms with Gasteiger partial charge in [0.2, 0.25) is 5.91 Å². The van der Waals surface area contributed by atoms with Gasteiger partial charge in [-0.05, 0) is 54.8 Å². The number of hydrogen-bond acceptors (Lipinski definition) is 3. The van der Waals surface area contributed by atoms with Gasteiger partial charge in [-0.3, -0.25) is 9.59 Å². The monoisotopic (exact) mass is 418 g/mol. The Morgan fingerprint density at radius 1 is 1.10 bits per heavy atom. The van der Waals surface area contributed by atoms with Crippen molar-refractivity contribution in [2.24, 2.45) is 5.92 Å². The molecule has 6 heteroatoms. The number of carbonyl (C=O) groups excluding carboxylic acids is 2. The van der Waals surface area contributed by atoms with E-state index in [1.807, 2.05) is 24.3 Å². The molecule has 3 aliphatic rings. The van der Waals surface area contributed by atoms with Crippen molar-refractivity contribution in [1.82, 2.24) is 9.80 Å². The summed E-state index contributed by atoms with van der Waals surface area (Å²) in [5.74, 6) is 6.06. The van der Waals surface area contributed by atoms with Gasteiger partial charge in [0.25, 0.3) is 5.91 Å². The maximum absolute atomic E-state index is 13.2. The van der Waals surface area contributed by atoms with E-state index in [-0.39, 0.29) is 43.0 Å². The maximum atomic E-state index is 13.2. The van der Waals surface area contributed by atoms with Crippen LogP contribution < -0.4 is 0 Å². The number of halogens is 1. The molecule has 1 saturated carbocycles. The van der Waals surface area contributed by atoms with Crippen LogP contribution >= 0.6 is 0 Å². The fraction of sp³-hybridized carbons (Fsp3) is 0.360. The molecule has 0 bridgehead atoms. The second-order valence-corrected chi connectivity index (χ2v) is 8.50. The van der Waals surface area contributed by atoms with Gasteiger partial charge in [0.1, 0.15) is 12.4 Å². The number of piperazine rings is 1. The van der Waals surface area contributed by atoms with E-state index in [1.54, 1.807) is 4.90 Å². The summed E-state index contributed by atoms with van der Waals surface area (Å²) in [4.78, 5) is 28.9. The highest BCUT2D eigenvalue weighted by molar-refractivity contribution is 5.97. The van der Waals surface area contributed by atoms with Crippen LogP contribution in [0.4, 0.5) is 4.39 Å². The smallest absolute Gasteiger partial charge is 0.254 e. The Labute approximate surface area is 180 Å². The third-order valence-corrected chi connectivity index (χ3v) is 6.42. The number of amides is 2. The maximum Gasteiger partial charge on any atom is 0.254 e. The highest BCUT2D eigenvalue weighted by Crippen LogP contribution is 2.43. The molecule has 2 amide bonds. The normalized spacial score (nSPS) is 24.7. The van der Waals surface area contributed by atoms with E-state index >= 15 is 0 Å². The van der Waals surface area contributed by atoms with Gasteiger partial charge in [-0.25, -0.2) is 4.39 Å². The van der Waals surface area contributed by atoms with Crippen LogP contribution in [0.15, 0.2) is 48.5 Å². The molecule has 3 atom stereocenters. The summed E-state index contributed by atoms with van der Waals surface area (Å²) in [6.07, 6.45) is 2.37. The van der Waals surface area contributed by atoms with Gasteiger partial charge in [0.15, 0.2) is 0 Å². The van der Waals surface area contributed by atoms with Gasteiger partial charge < -0.3 is 14.9 Å². The topological polar surface area (TPSA) is 60.9 Å². The number of aliphatic hydroxyl groups excluding tert-OH is 1. The summed E-state index contributed by atoms with van der Waals surface area (Å²) in [5, 5.41) is 9.93. The Kier molecular flexibility index (Phi) is 4.99. The second-order valence-electron chi connectivity index (χ2n) is 8.50. The molecule has 2 aromatic rings. The number of carbonyl (C=O) groups is 2. The lowest BCUT2D eigenvalue weighted by Crippen LogP contribution is -2.73. The highest BCUT2D eigenvalue weighted by Gasteiger charge is 2.54. The van der Waals surface area contributed by atoms with Crippen molar-refractivity contribution in [3.8, 4) is 11.8 Å². The van der Waals surface area contributed by atoms with Gasteiger partial charge in [0, 0.05) is 29.5 Å². The van der Waals surface area contributed by atoms with Gasteiger partial charge in [-0.2, -0.15) is 0 Å². The van der Waals surface area contributed by atoms with Crippen molar-refractivity contribution < 1.29 is 19.1 Å². The van der Waals surface area contributed by atoms with E-state index in [0.717, 1.165) is 11.1 Å². The van der Waals surface area contributed by atoms with Gasteiger partial charge in [-0.15, -0.1) is 0 Å². The van der Waals surface area contributed by atoms with Crippen LogP contribution in [-0.2, 0) is 4.79 Å². The molecule has 3 fully saturated rings. The first-order valence-electron chi connectivity index (χ1n) is 10.6. The molecule has 158 valence electrons. The van der Waals surface area contributed by atoms with Crippen LogP contribution in [0, 0.1) is 23.6 Å². The molecule has 2 saturated heterocycles. The molecule has 2 aromatic carbocycles. The van der Waals surface area contributed by atoms with Crippen molar-refractivity contribution in [3.63, 3.8) is 0 Å². The largest absolute Gasteiger partial charge is 0.394 e. The summed E-state index contributed by atoms with van der Waals surface area (Å²) < 4.78 is 13.2. The van der Waals surface area contributed by atoms with Crippen LogP contribution in [0.1, 0.15) is 40.2 Å². The fourth-order valence-electron chi connectivity index (χ4n) is 4.63. The lowest BCUT2D eigenvalue weighted by Gasteiger charge is -2.58. The minimum Gasteiger partial charge on any atom is -0.394 e. The van der Waals surface area contributed by atoms with Crippen LogP contribution in [0.2, 0.25) is 0 Å². The summed E-state index contributed by atoms with van der Waals surface area (Å²) >= 11 is 0. The Morgan fingerprint density at radius 3 is 2.45 bits per heavy atom. The van der Waals surface area contributed by atoms with Crippen LogP contribution in [0.3, 0.4) is 0 Å². The van der Waals surface area contributed by atoms with Crippen molar-refractivity contribution in [1.29, 1.82) is 0 Å². The van der Waals surface area contributed by atoms with Gasteiger partial charge in [-0.1, -0.05) is 24.0 Å². The lowest BCUT2D eigenvalue weighted by molar-refractivity contribution is -0.159. The Bertz CT molecular complexity index is 1070. The molecular weight excluding hydrogens is 395 g/mol. The fourth-order valence-corrected chi connectivity index (χ4v) is 4.63. The van der Waals surface area contributed by atoms with Crippen molar-refractivity contribution in [2.45, 2.75) is 30.8 Å². The zero-order valence-electron chi connectivity index (χ0n) is 17.0. The Hall–Kier alpha value is -3.17. The predicted molar refractivity (Wildman–Crippen MR) is 113 cm³/mol. The molecule has 5 nitrogen and oxygen atoms in total. The number of aliphatic hydroxyl groups is 1. The van der Waals surface area contributed by atoms with E-state index in [2.05, 4.69) is 11.8 Å². The minimum atomic E-state index is -0.410. The molecular formula is C25H23FN2O3. The van der Waals surface area contributed by atoms with E-state index in [0.29, 0.717) is 18.0 Å². The van der Waals surface area contributed by atoms with E-state index in [4.69, 9.17) is 0 Å².